The number of halogens is 1. The minimum Gasteiger partial charge on any atom is -0.272 e. The van der Waals surface area contributed by atoms with Gasteiger partial charge in [0.15, 0.2) is 0 Å². The van der Waals surface area contributed by atoms with Gasteiger partial charge in [-0.25, -0.2) is 9.40 Å². The zero-order valence-electron chi connectivity index (χ0n) is 16.8. The number of carbonyl (C=O) groups is 3. The van der Waals surface area contributed by atoms with Crippen molar-refractivity contribution in [3.63, 3.8) is 0 Å². The molecule has 8 nitrogen and oxygen atoms in total. The van der Waals surface area contributed by atoms with Gasteiger partial charge in [-0.05, 0) is 30.4 Å². The third kappa shape index (κ3) is 3.00. The van der Waals surface area contributed by atoms with Crippen LogP contribution in [0.25, 0.3) is 0 Å². The van der Waals surface area contributed by atoms with Crippen LogP contribution in [0.2, 0.25) is 0 Å². The number of nitrogens with zero attached hydrogens (tertiary/aromatic N) is 3. The molecule has 2 aliphatic carbocycles. The summed E-state index contributed by atoms with van der Waals surface area (Å²) in [5.74, 6) is -3.58. The van der Waals surface area contributed by atoms with E-state index in [1.165, 1.54) is 36.4 Å². The lowest BCUT2D eigenvalue weighted by atomic mass is 9.85. The first-order chi connectivity index (χ1) is 15.4. The Hall–Kier alpha value is -3.88. The van der Waals surface area contributed by atoms with Crippen LogP contribution in [0.5, 0.6) is 0 Å². The minimum absolute atomic E-state index is 0.0605. The zero-order chi connectivity index (χ0) is 22.6. The summed E-state index contributed by atoms with van der Waals surface area (Å²) in [6, 6.07) is 10.8. The summed E-state index contributed by atoms with van der Waals surface area (Å²) < 4.78 is 14.4. The first kappa shape index (κ1) is 20.0. The van der Waals surface area contributed by atoms with E-state index in [-0.39, 0.29) is 35.2 Å². The molecule has 32 heavy (non-hydrogen) atoms. The molecule has 1 heterocycles. The molecule has 1 aliphatic heterocycles. The highest BCUT2D eigenvalue weighted by Crippen LogP contribution is 2.52. The zero-order valence-corrected chi connectivity index (χ0v) is 16.8. The van der Waals surface area contributed by atoms with Gasteiger partial charge < -0.3 is 0 Å². The SMILES string of the molecule is O=C(c1cccc([N+](=O)[O-])c1)N(Cc1ccccc1F)N1C(=O)[C@H]2[C@H](C1=O)[C@H]1C=C[C@H]2C1. The maximum atomic E-state index is 14.4. The molecule has 2 aromatic rings. The number of non-ortho nitro benzene ring substituents is 1. The molecular formula is C23H18FN3O5. The molecule has 3 amide bonds. The second kappa shape index (κ2) is 7.37. The molecule has 162 valence electrons. The van der Waals surface area contributed by atoms with Crippen LogP contribution in [0.3, 0.4) is 0 Å². The van der Waals surface area contributed by atoms with Crippen LogP contribution < -0.4 is 0 Å². The summed E-state index contributed by atoms with van der Waals surface area (Å²) in [4.78, 5) is 50.5. The number of allylic oxidation sites excluding steroid dienone is 2. The van der Waals surface area contributed by atoms with E-state index in [1.807, 2.05) is 12.2 Å². The molecule has 1 saturated heterocycles. The Kier molecular flexibility index (Phi) is 4.61. The van der Waals surface area contributed by atoms with Crippen LogP contribution in [0.15, 0.2) is 60.7 Å². The predicted molar refractivity (Wildman–Crippen MR) is 109 cm³/mol. The van der Waals surface area contributed by atoms with Crippen molar-refractivity contribution < 1.29 is 23.7 Å². The van der Waals surface area contributed by atoms with Gasteiger partial charge in [-0.2, -0.15) is 5.01 Å². The Morgan fingerprint density at radius 3 is 2.34 bits per heavy atom. The summed E-state index contributed by atoms with van der Waals surface area (Å²) in [5.41, 5.74) is -0.265. The van der Waals surface area contributed by atoms with E-state index in [0.717, 1.165) is 22.5 Å². The number of fused-ring (bicyclic) bond motifs is 5. The highest BCUT2D eigenvalue weighted by molar-refractivity contribution is 6.08. The summed E-state index contributed by atoms with van der Waals surface area (Å²) >= 11 is 0. The molecule has 5 rings (SSSR count). The van der Waals surface area contributed by atoms with Gasteiger partial charge in [0, 0.05) is 23.3 Å². The van der Waals surface area contributed by atoms with E-state index in [2.05, 4.69) is 0 Å². The molecule has 1 saturated carbocycles. The Labute approximate surface area is 182 Å². The molecule has 4 atom stereocenters. The van der Waals surface area contributed by atoms with E-state index in [9.17, 15) is 28.9 Å². The lowest BCUT2D eigenvalue weighted by Crippen LogP contribution is -2.50. The largest absolute Gasteiger partial charge is 0.273 e. The van der Waals surface area contributed by atoms with Gasteiger partial charge >= 0.3 is 0 Å². The molecular weight excluding hydrogens is 417 g/mol. The number of hydrogen-bond acceptors (Lipinski definition) is 5. The molecule has 2 fully saturated rings. The van der Waals surface area contributed by atoms with Gasteiger partial charge in [-0.1, -0.05) is 36.4 Å². The number of benzene rings is 2. The fourth-order valence-electron chi connectivity index (χ4n) is 5.05. The van der Waals surface area contributed by atoms with Crippen molar-refractivity contribution in [2.24, 2.45) is 23.7 Å². The van der Waals surface area contributed by atoms with E-state index in [0.29, 0.717) is 0 Å². The molecule has 3 aliphatic rings. The van der Waals surface area contributed by atoms with Crippen LogP contribution >= 0.6 is 0 Å². The Morgan fingerprint density at radius 2 is 1.72 bits per heavy atom. The molecule has 0 spiro atoms. The van der Waals surface area contributed by atoms with Gasteiger partial charge in [-0.3, -0.25) is 24.5 Å². The predicted octanol–water partition coefficient (Wildman–Crippen LogP) is 3.10. The number of hydrazine groups is 1. The van der Waals surface area contributed by atoms with Crippen molar-refractivity contribution in [2.45, 2.75) is 13.0 Å². The molecule has 2 bridgehead atoms. The van der Waals surface area contributed by atoms with Crippen molar-refractivity contribution >= 4 is 23.4 Å². The molecule has 0 N–H and O–H groups in total. The second-order valence-corrected chi connectivity index (χ2v) is 8.25. The number of carbonyl (C=O) groups excluding carboxylic acids is 3. The van der Waals surface area contributed by atoms with Crippen LogP contribution in [-0.4, -0.2) is 32.7 Å². The van der Waals surface area contributed by atoms with Crippen LogP contribution in [0.4, 0.5) is 10.1 Å². The number of hydrogen-bond donors (Lipinski definition) is 0. The quantitative estimate of drug-likeness (QED) is 0.311. The third-order valence-corrected chi connectivity index (χ3v) is 6.50. The second-order valence-electron chi connectivity index (χ2n) is 8.25. The number of nitro benzene ring substituents is 1. The van der Waals surface area contributed by atoms with E-state index >= 15 is 0 Å². The fourth-order valence-corrected chi connectivity index (χ4v) is 5.05. The number of imide groups is 1. The first-order valence-corrected chi connectivity index (χ1v) is 10.2. The molecule has 0 aromatic heterocycles. The van der Waals surface area contributed by atoms with Crippen molar-refractivity contribution in [2.75, 3.05) is 0 Å². The van der Waals surface area contributed by atoms with Crippen LogP contribution in [0, 0.1) is 39.6 Å². The fraction of sp³-hybridized carbons (Fsp3) is 0.261. The molecule has 0 unspecified atom stereocenters. The third-order valence-electron chi connectivity index (χ3n) is 6.50. The van der Waals surface area contributed by atoms with Crippen LogP contribution in [-0.2, 0) is 16.1 Å². The number of amides is 3. The lowest BCUT2D eigenvalue weighted by Gasteiger charge is -2.31. The van der Waals surface area contributed by atoms with E-state index in [4.69, 9.17) is 0 Å². The normalized spacial score (nSPS) is 25.3. The number of nitro groups is 1. The van der Waals surface area contributed by atoms with E-state index < -0.39 is 40.3 Å². The van der Waals surface area contributed by atoms with Crippen molar-refractivity contribution in [1.82, 2.24) is 10.0 Å². The molecule has 9 heteroatoms. The van der Waals surface area contributed by atoms with Crippen LogP contribution in [0.1, 0.15) is 22.3 Å². The summed E-state index contributed by atoms with van der Waals surface area (Å²) in [7, 11) is 0. The minimum atomic E-state index is -0.793. The maximum absolute atomic E-state index is 14.4. The average molecular weight is 435 g/mol. The first-order valence-electron chi connectivity index (χ1n) is 10.2. The van der Waals surface area contributed by atoms with E-state index in [1.54, 1.807) is 6.07 Å². The van der Waals surface area contributed by atoms with Crippen molar-refractivity contribution in [3.05, 3.63) is 87.7 Å². The summed E-state index contributed by atoms with van der Waals surface area (Å²) in [6.07, 6.45) is 4.60. The topological polar surface area (TPSA) is 101 Å². The molecule has 2 aromatic carbocycles. The summed E-state index contributed by atoms with van der Waals surface area (Å²) in [5, 5.41) is 12.9. The standard InChI is InChI=1S/C23H18FN3O5/c24-18-7-2-1-4-16(18)12-25(21(28)15-5-3-6-17(11-15)27(31)32)26-22(29)19-13-8-9-14(10-13)20(19)23(26)30/h1-9,11,13-14,19-20H,10,12H2/t13-,14-,19+,20+/m0/s1. The van der Waals surface area contributed by atoms with Gasteiger partial charge in [0.05, 0.1) is 23.3 Å². The molecule has 0 radical (unpaired) electrons. The maximum Gasteiger partial charge on any atom is 0.273 e. The average Bonchev–Trinajstić information content (AvgIpc) is 3.47. The van der Waals surface area contributed by atoms with Crippen molar-refractivity contribution in [3.8, 4) is 0 Å². The smallest absolute Gasteiger partial charge is 0.272 e. The highest BCUT2D eigenvalue weighted by Gasteiger charge is 2.61. The lowest BCUT2D eigenvalue weighted by molar-refractivity contribution is -0.384. The Bertz CT molecular complexity index is 1170. The monoisotopic (exact) mass is 435 g/mol. The van der Waals surface area contributed by atoms with Gasteiger partial charge in [0.1, 0.15) is 5.82 Å². The van der Waals surface area contributed by atoms with Gasteiger partial charge in [0.25, 0.3) is 23.4 Å². The van der Waals surface area contributed by atoms with Gasteiger partial charge in [-0.15, -0.1) is 0 Å². The highest BCUT2D eigenvalue weighted by atomic mass is 19.1. The summed E-state index contributed by atoms with van der Waals surface area (Å²) in [6.45, 7) is -0.367. The number of rotatable bonds is 5. The van der Waals surface area contributed by atoms with Crippen molar-refractivity contribution in [1.29, 1.82) is 0 Å². The Balaban J connectivity index is 1.55. The Morgan fingerprint density at radius 1 is 1.06 bits per heavy atom. The van der Waals surface area contributed by atoms with Gasteiger partial charge in [0.2, 0.25) is 0 Å².